The van der Waals surface area contributed by atoms with Crippen molar-refractivity contribution in [1.82, 2.24) is 9.88 Å². The van der Waals surface area contributed by atoms with E-state index in [1.807, 2.05) is 12.4 Å². The first-order chi connectivity index (χ1) is 8.20. The molecule has 0 aromatic carbocycles. The summed E-state index contributed by atoms with van der Waals surface area (Å²) in [5.74, 6) is 0. The summed E-state index contributed by atoms with van der Waals surface area (Å²) in [7, 11) is 2.18. The number of piperidine rings is 1. The molecule has 1 aromatic heterocycles. The third kappa shape index (κ3) is 3.19. The Labute approximate surface area is 112 Å². The van der Waals surface area contributed by atoms with Crippen LogP contribution in [0.4, 0.5) is 5.69 Å². The van der Waals surface area contributed by atoms with Gasteiger partial charge in [0.1, 0.15) is 0 Å². The smallest absolute Gasteiger partial charge is 0.0563 e. The number of aromatic nitrogens is 1. The van der Waals surface area contributed by atoms with Crippen LogP contribution in [0.5, 0.6) is 0 Å². The van der Waals surface area contributed by atoms with Crippen LogP contribution in [0, 0.1) is 0 Å². The molecule has 1 fully saturated rings. The summed E-state index contributed by atoms with van der Waals surface area (Å²) in [5.41, 5.74) is 1.20. The minimum atomic E-state index is 0.647. The average molecular weight is 298 g/mol. The third-order valence-electron chi connectivity index (χ3n) is 3.65. The summed E-state index contributed by atoms with van der Waals surface area (Å²) in [4.78, 5) is 9.12. The van der Waals surface area contributed by atoms with Crippen LogP contribution in [0.2, 0.25) is 0 Å². The van der Waals surface area contributed by atoms with Gasteiger partial charge in [-0.15, -0.1) is 0 Å². The molecule has 2 heterocycles. The zero-order valence-corrected chi connectivity index (χ0v) is 12.2. The lowest BCUT2D eigenvalue weighted by Gasteiger charge is -2.37. The minimum absolute atomic E-state index is 0.647. The van der Waals surface area contributed by atoms with E-state index in [4.69, 9.17) is 0 Å². The van der Waals surface area contributed by atoms with E-state index in [1.165, 1.54) is 38.2 Å². The largest absolute Gasteiger partial charge is 0.370 e. The Morgan fingerprint density at radius 2 is 2.12 bits per heavy atom. The monoisotopic (exact) mass is 297 g/mol. The Kier molecular flexibility index (Phi) is 4.40. The molecule has 0 unspecified atom stereocenters. The van der Waals surface area contributed by atoms with Crippen LogP contribution in [-0.4, -0.2) is 42.6 Å². The van der Waals surface area contributed by atoms with Crippen LogP contribution in [0.3, 0.4) is 0 Å². The number of hydrogen-bond acceptors (Lipinski definition) is 3. The molecule has 0 atom stereocenters. The molecule has 17 heavy (non-hydrogen) atoms. The molecule has 0 N–H and O–H groups in total. The quantitative estimate of drug-likeness (QED) is 0.855. The van der Waals surface area contributed by atoms with Gasteiger partial charge in [-0.25, -0.2) is 0 Å². The summed E-state index contributed by atoms with van der Waals surface area (Å²) >= 11 is 3.48. The molecule has 3 nitrogen and oxygen atoms in total. The highest BCUT2D eigenvalue weighted by Crippen LogP contribution is 2.23. The van der Waals surface area contributed by atoms with E-state index in [1.54, 1.807) is 0 Å². The molecule has 0 bridgehead atoms. The Balaban J connectivity index is 1.99. The first kappa shape index (κ1) is 12.8. The fourth-order valence-corrected chi connectivity index (χ4v) is 2.78. The number of rotatable bonds is 3. The van der Waals surface area contributed by atoms with Crippen molar-refractivity contribution in [1.29, 1.82) is 0 Å². The number of likely N-dealkylation sites (tertiary alicyclic amines) is 1. The maximum atomic E-state index is 4.23. The predicted octanol–water partition coefficient (Wildman–Crippen LogP) is 2.76. The molecule has 1 aliphatic rings. The van der Waals surface area contributed by atoms with Gasteiger partial charge in [0, 0.05) is 36.8 Å². The summed E-state index contributed by atoms with van der Waals surface area (Å²) in [6.07, 6.45) is 6.27. The molecule has 4 heteroatoms. The second-order valence-corrected chi connectivity index (χ2v) is 5.55. The zero-order valence-electron chi connectivity index (χ0n) is 10.6. The highest BCUT2D eigenvalue weighted by Gasteiger charge is 2.21. The van der Waals surface area contributed by atoms with E-state index >= 15 is 0 Å². The van der Waals surface area contributed by atoms with Crippen LogP contribution < -0.4 is 4.90 Å². The van der Waals surface area contributed by atoms with Gasteiger partial charge in [-0.2, -0.15) is 0 Å². The van der Waals surface area contributed by atoms with Crippen LogP contribution in [0.25, 0.3) is 0 Å². The number of halogens is 1. The van der Waals surface area contributed by atoms with Gasteiger partial charge >= 0.3 is 0 Å². The van der Waals surface area contributed by atoms with Crippen molar-refractivity contribution in [2.24, 2.45) is 0 Å². The topological polar surface area (TPSA) is 19.4 Å². The van der Waals surface area contributed by atoms with Gasteiger partial charge in [-0.1, -0.05) is 6.92 Å². The van der Waals surface area contributed by atoms with Crippen molar-refractivity contribution in [3.8, 4) is 0 Å². The lowest BCUT2D eigenvalue weighted by atomic mass is 10.0. The fraction of sp³-hybridized carbons (Fsp3) is 0.615. The van der Waals surface area contributed by atoms with Crippen molar-refractivity contribution in [3.05, 3.63) is 22.9 Å². The molecule has 2 rings (SSSR count). The predicted molar refractivity (Wildman–Crippen MR) is 75.5 cm³/mol. The molecule has 0 aliphatic carbocycles. The molecule has 1 saturated heterocycles. The van der Waals surface area contributed by atoms with E-state index in [0.29, 0.717) is 6.04 Å². The van der Waals surface area contributed by atoms with E-state index in [0.717, 1.165) is 4.47 Å². The zero-order chi connectivity index (χ0) is 12.3. The normalized spacial score (nSPS) is 18.3. The Morgan fingerprint density at radius 1 is 1.41 bits per heavy atom. The summed E-state index contributed by atoms with van der Waals surface area (Å²) in [5, 5.41) is 0. The lowest BCUT2D eigenvalue weighted by Crippen LogP contribution is -2.43. The second kappa shape index (κ2) is 5.83. The van der Waals surface area contributed by atoms with Crippen molar-refractivity contribution in [2.75, 3.05) is 31.6 Å². The molecule has 0 saturated carbocycles. The molecule has 0 radical (unpaired) electrons. The van der Waals surface area contributed by atoms with Crippen LogP contribution in [-0.2, 0) is 0 Å². The first-order valence-corrected chi connectivity index (χ1v) is 7.05. The van der Waals surface area contributed by atoms with Crippen molar-refractivity contribution >= 4 is 21.6 Å². The Bertz CT molecular complexity index is 361. The van der Waals surface area contributed by atoms with Crippen molar-refractivity contribution in [3.63, 3.8) is 0 Å². The maximum absolute atomic E-state index is 4.23. The van der Waals surface area contributed by atoms with Gasteiger partial charge in [-0.3, -0.25) is 4.98 Å². The molecule has 94 valence electrons. The third-order valence-corrected chi connectivity index (χ3v) is 4.08. The van der Waals surface area contributed by atoms with Crippen LogP contribution in [0.15, 0.2) is 22.9 Å². The first-order valence-electron chi connectivity index (χ1n) is 6.26. The number of pyridine rings is 1. The van der Waals surface area contributed by atoms with Gasteiger partial charge in [0.25, 0.3) is 0 Å². The van der Waals surface area contributed by atoms with Crippen molar-refractivity contribution in [2.45, 2.75) is 25.8 Å². The Morgan fingerprint density at radius 3 is 2.71 bits per heavy atom. The van der Waals surface area contributed by atoms with E-state index < -0.39 is 0 Å². The number of anilines is 1. The van der Waals surface area contributed by atoms with E-state index in [9.17, 15) is 0 Å². The van der Waals surface area contributed by atoms with Gasteiger partial charge in [0.15, 0.2) is 0 Å². The van der Waals surface area contributed by atoms with Crippen LogP contribution >= 0.6 is 15.9 Å². The van der Waals surface area contributed by atoms with Crippen LogP contribution in [0.1, 0.15) is 19.8 Å². The summed E-state index contributed by atoms with van der Waals surface area (Å²) in [6, 6.07) is 2.79. The van der Waals surface area contributed by atoms with E-state index in [-0.39, 0.29) is 0 Å². The van der Waals surface area contributed by atoms with Gasteiger partial charge in [0.05, 0.1) is 11.9 Å². The molecule has 0 amide bonds. The molecule has 1 aliphatic heterocycles. The standard InChI is InChI=1S/C13H20BrN3/c1-3-17-6-4-12(5-7-17)16(2)13-8-11(14)9-15-10-13/h8-10,12H,3-7H2,1-2H3. The fourth-order valence-electron chi connectivity index (χ4n) is 2.43. The van der Waals surface area contributed by atoms with E-state index in [2.05, 4.69) is 50.8 Å². The van der Waals surface area contributed by atoms with Gasteiger partial charge in [-0.05, 0) is 41.4 Å². The second-order valence-electron chi connectivity index (χ2n) is 4.64. The highest BCUT2D eigenvalue weighted by atomic mass is 79.9. The highest BCUT2D eigenvalue weighted by molar-refractivity contribution is 9.10. The number of nitrogens with zero attached hydrogens (tertiary/aromatic N) is 3. The average Bonchev–Trinajstić information content (AvgIpc) is 2.38. The maximum Gasteiger partial charge on any atom is 0.0563 e. The SMILES string of the molecule is CCN1CCC(N(C)c2cncc(Br)c2)CC1. The van der Waals surface area contributed by atoms with Crippen molar-refractivity contribution < 1.29 is 0 Å². The number of hydrogen-bond donors (Lipinski definition) is 0. The Hall–Kier alpha value is -0.610. The minimum Gasteiger partial charge on any atom is -0.370 e. The summed E-state index contributed by atoms with van der Waals surface area (Å²) < 4.78 is 1.05. The lowest BCUT2D eigenvalue weighted by molar-refractivity contribution is 0.221. The van der Waals surface area contributed by atoms with Gasteiger partial charge in [0.2, 0.25) is 0 Å². The molecule has 1 aromatic rings. The van der Waals surface area contributed by atoms with Gasteiger partial charge < -0.3 is 9.80 Å². The molecular weight excluding hydrogens is 278 g/mol. The molecular formula is C13H20BrN3. The molecule has 0 spiro atoms. The summed E-state index contributed by atoms with van der Waals surface area (Å²) in [6.45, 7) is 5.84.